The second kappa shape index (κ2) is 5.49. The maximum Gasteiger partial charge on any atom is 0.213 e. The van der Waals surface area contributed by atoms with E-state index >= 15 is 0 Å². The molecule has 6 rings (SSSR count). The molecule has 132 valence electrons. The van der Waals surface area contributed by atoms with Gasteiger partial charge in [-0.2, -0.15) is 0 Å². The fraction of sp³-hybridized carbons (Fsp3) is 0.0769. The van der Waals surface area contributed by atoms with Crippen molar-refractivity contribution in [3.05, 3.63) is 84.7 Å². The zero-order valence-electron chi connectivity index (χ0n) is 15.9. The minimum absolute atomic E-state index is 1.06. The van der Waals surface area contributed by atoms with E-state index in [2.05, 4.69) is 91.5 Å². The number of aryl methyl sites for hydroxylation is 2. The molecule has 0 amide bonds. The molecule has 2 heteroatoms. The van der Waals surface area contributed by atoms with Crippen molar-refractivity contribution in [1.82, 2.24) is 4.98 Å². The highest BCUT2D eigenvalue weighted by Crippen LogP contribution is 2.44. The van der Waals surface area contributed by atoms with Crippen molar-refractivity contribution >= 4 is 43.2 Å². The molecule has 0 bridgehead atoms. The third-order valence-electron chi connectivity index (χ3n) is 5.99. The highest BCUT2D eigenvalue weighted by Gasteiger charge is 2.22. The molecule has 0 unspecified atom stereocenters. The van der Waals surface area contributed by atoms with Crippen molar-refractivity contribution in [2.45, 2.75) is 6.92 Å². The highest BCUT2D eigenvalue weighted by atomic mass is 14.9. The molecule has 0 aliphatic carbocycles. The largest absolute Gasteiger partial charge is 0.256 e. The standard InChI is InChI=1S/C26H19N2/c1-16-14-17-15-27-21-11-7-10-19-18-8-3-4-9-20(18)26(24(17)25(19)21)23(16)22-12-5-6-13-28(22)2/h3-15H,1-2H3/q+1. The number of aromatic nitrogens is 2. The Hall–Kier alpha value is -3.52. The number of hydrogen-bond acceptors (Lipinski definition) is 1. The summed E-state index contributed by atoms with van der Waals surface area (Å²) < 4.78 is 2.21. The predicted molar refractivity (Wildman–Crippen MR) is 117 cm³/mol. The zero-order valence-corrected chi connectivity index (χ0v) is 15.9. The van der Waals surface area contributed by atoms with Crippen LogP contribution in [0, 0.1) is 6.92 Å². The van der Waals surface area contributed by atoms with E-state index in [9.17, 15) is 0 Å². The van der Waals surface area contributed by atoms with Crippen LogP contribution in [0.15, 0.2) is 79.1 Å². The molecule has 0 saturated carbocycles. The Bertz CT molecular complexity index is 1530. The maximum atomic E-state index is 4.77. The van der Waals surface area contributed by atoms with Gasteiger partial charge in [0.15, 0.2) is 6.20 Å². The predicted octanol–water partition coefficient (Wildman–Crippen LogP) is 5.93. The SMILES string of the molecule is Cc1cc2cnc3cccc4c5ccccc5c(c1-c1cccc[n+]1C)c2c34. The molecule has 0 fully saturated rings. The molecule has 0 atom stereocenters. The van der Waals surface area contributed by atoms with Crippen molar-refractivity contribution in [3.8, 4) is 11.3 Å². The van der Waals surface area contributed by atoms with Crippen LogP contribution in [0.1, 0.15) is 5.56 Å². The molecule has 0 saturated heterocycles. The molecular weight excluding hydrogens is 340 g/mol. The van der Waals surface area contributed by atoms with Gasteiger partial charge in [-0.15, -0.1) is 0 Å². The Kier molecular flexibility index (Phi) is 3.05. The van der Waals surface area contributed by atoms with Crippen LogP contribution in [0.2, 0.25) is 0 Å². The Labute approximate surface area is 163 Å². The van der Waals surface area contributed by atoms with Crippen LogP contribution in [0.3, 0.4) is 0 Å². The molecule has 4 aromatic carbocycles. The molecular formula is C26H19N2+. The fourth-order valence-electron chi connectivity index (χ4n) is 4.81. The minimum Gasteiger partial charge on any atom is -0.256 e. The summed E-state index contributed by atoms with van der Waals surface area (Å²) in [6, 6.07) is 24.0. The Balaban J connectivity index is 2.01. The number of hydrogen-bond donors (Lipinski definition) is 0. The van der Waals surface area contributed by atoms with Crippen molar-refractivity contribution in [2.24, 2.45) is 7.05 Å². The molecule has 2 nitrogen and oxygen atoms in total. The lowest BCUT2D eigenvalue weighted by Gasteiger charge is -2.18. The maximum absolute atomic E-state index is 4.77. The zero-order chi connectivity index (χ0) is 18.8. The molecule has 0 aliphatic rings. The number of pyridine rings is 2. The molecule has 0 radical (unpaired) electrons. The summed E-state index contributed by atoms with van der Waals surface area (Å²) in [7, 11) is 2.12. The molecule has 6 aromatic rings. The second-order valence-corrected chi connectivity index (χ2v) is 7.61. The van der Waals surface area contributed by atoms with E-state index in [4.69, 9.17) is 4.98 Å². The van der Waals surface area contributed by atoms with E-state index in [-0.39, 0.29) is 0 Å². The van der Waals surface area contributed by atoms with Crippen LogP contribution in [0.4, 0.5) is 0 Å². The van der Waals surface area contributed by atoms with Gasteiger partial charge >= 0.3 is 0 Å². The lowest BCUT2D eigenvalue weighted by atomic mass is 9.86. The summed E-state index contributed by atoms with van der Waals surface area (Å²) in [6.45, 7) is 2.21. The van der Waals surface area contributed by atoms with Crippen LogP contribution in [0.5, 0.6) is 0 Å². The quantitative estimate of drug-likeness (QED) is 0.202. The first kappa shape index (κ1) is 15.5. The molecule has 0 aliphatic heterocycles. The van der Waals surface area contributed by atoms with Gasteiger partial charge in [-0.1, -0.05) is 36.4 Å². The van der Waals surface area contributed by atoms with Gasteiger partial charge in [0.25, 0.3) is 0 Å². The Morgan fingerprint density at radius 1 is 0.750 bits per heavy atom. The summed E-state index contributed by atoms with van der Waals surface area (Å²) in [6.07, 6.45) is 4.15. The molecule has 2 aromatic heterocycles. The van der Waals surface area contributed by atoms with Gasteiger partial charge in [0.1, 0.15) is 7.05 Å². The van der Waals surface area contributed by atoms with Gasteiger partial charge in [0.2, 0.25) is 5.69 Å². The number of benzene rings is 4. The van der Waals surface area contributed by atoms with Crippen molar-refractivity contribution in [3.63, 3.8) is 0 Å². The first-order valence-corrected chi connectivity index (χ1v) is 9.64. The van der Waals surface area contributed by atoms with Gasteiger partial charge in [-0.25, -0.2) is 4.57 Å². The fourth-order valence-corrected chi connectivity index (χ4v) is 4.81. The van der Waals surface area contributed by atoms with E-state index < -0.39 is 0 Å². The van der Waals surface area contributed by atoms with Crippen LogP contribution in [0.25, 0.3) is 54.5 Å². The summed E-state index contributed by atoms with van der Waals surface area (Å²) in [5.41, 5.74) is 4.88. The van der Waals surface area contributed by atoms with E-state index in [1.54, 1.807) is 0 Å². The van der Waals surface area contributed by atoms with Gasteiger partial charge in [0.05, 0.1) is 11.1 Å². The van der Waals surface area contributed by atoms with Crippen LogP contribution < -0.4 is 4.57 Å². The smallest absolute Gasteiger partial charge is 0.213 e. The van der Waals surface area contributed by atoms with E-state index in [0.717, 1.165) is 5.52 Å². The van der Waals surface area contributed by atoms with Crippen molar-refractivity contribution in [2.75, 3.05) is 0 Å². The normalized spacial score (nSPS) is 11.9. The van der Waals surface area contributed by atoms with Gasteiger partial charge in [0, 0.05) is 39.9 Å². The topological polar surface area (TPSA) is 16.8 Å². The van der Waals surface area contributed by atoms with E-state index in [1.807, 2.05) is 6.20 Å². The summed E-state index contributed by atoms with van der Waals surface area (Å²) in [5.74, 6) is 0. The molecule has 28 heavy (non-hydrogen) atoms. The molecule has 2 heterocycles. The average molecular weight is 359 g/mol. The van der Waals surface area contributed by atoms with Crippen molar-refractivity contribution < 1.29 is 4.57 Å². The number of nitrogens with zero attached hydrogens (tertiary/aromatic N) is 2. The third-order valence-corrected chi connectivity index (χ3v) is 5.99. The average Bonchev–Trinajstić information content (AvgIpc) is 2.73. The number of fused-ring (bicyclic) bond motifs is 3. The van der Waals surface area contributed by atoms with E-state index in [1.165, 1.54) is 54.5 Å². The first-order chi connectivity index (χ1) is 13.7. The first-order valence-electron chi connectivity index (χ1n) is 9.64. The lowest BCUT2D eigenvalue weighted by molar-refractivity contribution is -0.660. The van der Waals surface area contributed by atoms with Crippen LogP contribution >= 0.6 is 0 Å². The summed E-state index contributed by atoms with van der Waals surface area (Å²) >= 11 is 0. The Morgan fingerprint density at radius 3 is 2.36 bits per heavy atom. The van der Waals surface area contributed by atoms with Gasteiger partial charge in [-0.05, 0) is 46.8 Å². The Morgan fingerprint density at radius 2 is 1.50 bits per heavy atom. The lowest BCUT2D eigenvalue weighted by Crippen LogP contribution is -2.30. The third kappa shape index (κ3) is 1.92. The highest BCUT2D eigenvalue weighted by molar-refractivity contribution is 6.35. The van der Waals surface area contributed by atoms with Gasteiger partial charge in [-0.3, -0.25) is 4.98 Å². The van der Waals surface area contributed by atoms with Crippen LogP contribution in [-0.2, 0) is 7.05 Å². The minimum atomic E-state index is 1.06. The molecule has 0 N–H and O–H groups in total. The second-order valence-electron chi connectivity index (χ2n) is 7.61. The molecule has 0 spiro atoms. The summed E-state index contributed by atoms with van der Waals surface area (Å²) in [4.78, 5) is 4.77. The van der Waals surface area contributed by atoms with E-state index in [0.29, 0.717) is 0 Å². The monoisotopic (exact) mass is 359 g/mol. The van der Waals surface area contributed by atoms with Gasteiger partial charge < -0.3 is 0 Å². The summed E-state index contributed by atoms with van der Waals surface area (Å²) in [5, 5.41) is 9.02. The number of rotatable bonds is 1. The van der Waals surface area contributed by atoms with Crippen molar-refractivity contribution in [1.29, 1.82) is 0 Å². The van der Waals surface area contributed by atoms with Crippen LogP contribution in [-0.4, -0.2) is 4.98 Å².